The summed E-state index contributed by atoms with van der Waals surface area (Å²) in [6, 6.07) is 9.46. The van der Waals surface area contributed by atoms with Gasteiger partial charge in [-0.05, 0) is 37.1 Å². The third-order valence-corrected chi connectivity index (χ3v) is 6.39. The molecule has 3 aromatic heterocycles. The molecule has 0 unspecified atom stereocenters. The summed E-state index contributed by atoms with van der Waals surface area (Å²) < 4.78 is 11.4. The Morgan fingerprint density at radius 3 is 2.90 bits per heavy atom. The molecule has 4 rings (SSSR count). The number of anilines is 1. The molecule has 2 N–H and O–H groups in total. The lowest BCUT2D eigenvalue weighted by molar-refractivity contribution is 0.267. The molecule has 0 aliphatic rings. The molecule has 0 spiro atoms. The normalized spacial score (nSPS) is 10.9. The van der Waals surface area contributed by atoms with E-state index in [-0.39, 0.29) is 5.82 Å². The molecule has 0 saturated carbocycles. The van der Waals surface area contributed by atoms with E-state index in [0.717, 1.165) is 27.0 Å². The molecule has 1 aromatic carbocycles. The topological polar surface area (TPSA) is 106 Å². The van der Waals surface area contributed by atoms with Crippen LogP contribution in [0.15, 0.2) is 45.7 Å². The molecule has 0 aliphatic heterocycles. The molecule has 3 heterocycles. The van der Waals surface area contributed by atoms with Gasteiger partial charge < -0.3 is 15.2 Å². The molecule has 31 heavy (non-hydrogen) atoms. The molecule has 0 atom stereocenters. The van der Waals surface area contributed by atoms with E-state index in [4.69, 9.17) is 16.3 Å². The van der Waals surface area contributed by atoms with Crippen molar-refractivity contribution in [3.63, 3.8) is 0 Å². The van der Waals surface area contributed by atoms with E-state index in [9.17, 15) is 5.11 Å². The van der Waals surface area contributed by atoms with Crippen LogP contribution < -0.4 is 10.1 Å². The molecule has 8 nitrogen and oxygen atoms in total. The number of thiophene rings is 1. The highest BCUT2D eigenvalue weighted by Gasteiger charge is 2.19. The summed E-state index contributed by atoms with van der Waals surface area (Å²) in [6.07, 6.45) is 1.79. The van der Waals surface area contributed by atoms with Gasteiger partial charge in [0.2, 0.25) is 5.82 Å². The molecule has 160 valence electrons. The summed E-state index contributed by atoms with van der Waals surface area (Å²) in [7, 11) is 0. The molecular weight excluding hydrogens is 506 g/mol. The van der Waals surface area contributed by atoms with Crippen LogP contribution in [0.2, 0.25) is 5.02 Å². The SMILES string of the molecule is CCOc1cc(-c2cc(NCCc3cc(Cl)ccc3Br)ncn2)sc1-c1noc(O)n1. The maximum atomic E-state index is 9.38. The number of nitrogens with zero attached hydrogens (tertiary/aromatic N) is 4. The maximum Gasteiger partial charge on any atom is 0.415 e. The Morgan fingerprint density at radius 2 is 2.13 bits per heavy atom. The first kappa shape index (κ1) is 21.5. The predicted molar refractivity (Wildman–Crippen MR) is 123 cm³/mol. The second-order valence-corrected chi connectivity index (χ2v) is 8.68. The van der Waals surface area contributed by atoms with Crippen LogP contribution in [0.25, 0.3) is 21.3 Å². The average Bonchev–Trinajstić information content (AvgIpc) is 3.37. The fourth-order valence-corrected chi connectivity index (χ4v) is 4.51. The number of rotatable bonds is 8. The third kappa shape index (κ3) is 5.15. The van der Waals surface area contributed by atoms with Gasteiger partial charge in [0.25, 0.3) is 0 Å². The first-order valence-electron chi connectivity index (χ1n) is 9.33. The molecule has 0 radical (unpaired) electrons. The van der Waals surface area contributed by atoms with Gasteiger partial charge in [0, 0.05) is 28.2 Å². The predicted octanol–water partition coefficient (Wildman–Crippen LogP) is 5.43. The van der Waals surface area contributed by atoms with E-state index >= 15 is 0 Å². The Morgan fingerprint density at radius 1 is 1.26 bits per heavy atom. The van der Waals surface area contributed by atoms with Crippen LogP contribution in [0, 0.1) is 0 Å². The minimum absolute atomic E-state index is 0.261. The standard InChI is InChI=1S/C20H17BrClN5O3S/c1-2-29-15-9-16(31-18(15)19-26-20(28)30-27-19)14-8-17(25-10-24-14)23-6-5-11-7-12(22)3-4-13(11)21/h3-4,7-10H,2,5-6H2,1H3,(H,23,24,25)(H,26,27,28). The molecular formula is C20H17BrClN5O3S. The maximum absolute atomic E-state index is 9.38. The second kappa shape index (κ2) is 9.63. The zero-order valence-electron chi connectivity index (χ0n) is 16.3. The van der Waals surface area contributed by atoms with Gasteiger partial charge in [-0.1, -0.05) is 32.7 Å². The van der Waals surface area contributed by atoms with E-state index in [0.29, 0.717) is 34.6 Å². The van der Waals surface area contributed by atoms with Crippen molar-refractivity contribution < 1.29 is 14.4 Å². The lowest BCUT2D eigenvalue weighted by Crippen LogP contribution is -2.07. The van der Waals surface area contributed by atoms with Crippen molar-refractivity contribution in [1.29, 1.82) is 0 Å². The average molecular weight is 523 g/mol. The first-order chi connectivity index (χ1) is 15.0. The van der Waals surface area contributed by atoms with Crippen LogP contribution in [0.3, 0.4) is 0 Å². The number of benzene rings is 1. The zero-order chi connectivity index (χ0) is 21.8. The van der Waals surface area contributed by atoms with Gasteiger partial charge in [0.1, 0.15) is 22.8 Å². The van der Waals surface area contributed by atoms with Gasteiger partial charge in [-0.3, -0.25) is 4.52 Å². The largest absolute Gasteiger partial charge is 0.492 e. The minimum Gasteiger partial charge on any atom is -0.492 e. The van der Waals surface area contributed by atoms with Crippen LogP contribution in [0.4, 0.5) is 5.82 Å². The fourth-order valence-electron chi connectivity index (χ4n) is 2.88. The summed E-state index contributed by atoms with van der Waals surface area (Å²) in [5.41, 5.74) is 1.84. The summed E-state index contributed by atoms with van der Waals surface area (Å²) in [5, 5.41) is 17.2. The molecule has 0 aliphatic carbocycles. The van der Waals surface area contributed by atoms with Gasteiger partial charge in [0.05, 0.1) is 17.2 Å². The molecule has 0 saturated heterocycles. The second-order valence-electron chi connectivity index (χ2n) is 6.34. The number of halogens is 2. The van der Waals surface area contributed by atoms with Crippen molar-refractivity contribution >= 4 is 44.7 Å². The monoisotopic (exact) mass is 521 g/mol. The van der Waals surface area contributed by atoms with Gasteiger partial charge in [-0.2, -0.15) is 4.98 Å². The van der Waals surface area contributed by atoms with Crippen molar-refractivity contribution in [3.05, 3.63) is 51.7 Å². The minimum atomic E-state index is -0.493. The van der Waals surface area contributed by atoms with Gasteiger partial charge in [-0.15, -0.1) is 11.3 Å². The Balaban J connectivity index is 1.52. The van der Waals surface area contributed by atoms with Crippen molar-refractivity contribution in [3.8, 4) is 33.1 Å². The van der Waals surface area contributed by atoms with Crippen LogP contribution in [0.1, 0.15) is 12.5 Å². The summed E-state index contributed by atoms with van der Waals surface area (Å²) in [6.45, 7) is 3.04. The highest BCUT2D eigenvalue weighted by molar-refractivity contribution is 9.10. The zero-order valence-corrected chi connectivity index (χ0v) is 19.5. The van der Waals surface area contributed by atoms with Gasteiger partial charge >= 0.3 is 6.08 Å². The van der Waals surface area contributed by atoms with Crippen molar-refractivity contribution in [2.24, 2.45) is 0 Å². The summed E-state index contributed by atoms with van der Waals surface area (Å²) >= 11 is 11.0. The highest BCUT2D eigenvalue weighted by Crippen LogP contribution is 2.41. The number of nitrogens with one attached hydrogen (secondary N) is 1. The first-order valence-corrected chi connectivity index (χ1v) is 11.3. The Bertz CT molecular complexity index is 1200. The van der Waals surface area contributed by atoms with Gasteiger partial charge in [-0.25, -0.2) is 9.97 Å². The van der Waals surface area contributed by atoms with E-state index in [1.165, 1.54) is 17.7 Å². The smallest absolute Gasteiger partial charge is 0.415 e. The number of aromatic nitrogens is 4. The van der Waals surface area contributed by atoms with Crippen LogP contribution in [-0.2, 0) is 6.42 Å². The fraction of sp³-hybridized carbons (Fsp3) is 0.200. The molecule has 11 heteroatoms. The number of hydrogen-bond donors (Lipinski definition) is 2. The summed E-state index contributed by atoms with van der Waals surface area (Å²) in [4.78, 5) is 14.1. The van der Waals surface area contributed by atoms with Crippen molar-refractivity contribution in [1.82, 2.24) is 20.1 Å². The summed E-state index contributed by atoms with van der Waals surface area (Å²) in [5.74, 6) is 1.56. The number of hydrogen-bond acceptors (Lipinski definition) is 9. The van der Waals surface area contributed by atoms with Crippen LogP contribution >= 0.6 is 38.9 Å². The molecule has 0 amide bonds. The molecule has 0 bridgehead atoms. The number of ether oxygens (including phenoxy) is 1. The Kier molecular flexibility index (Phi) is 6.69. The van der Waals surface area contributed by atoms with Crippen molar-refractivity contribution in [2.45, 2.75) is 13.3 Å². The van der Waals surface area contributed by atoms with E-state index < -0.39 is 6.08 Å². The van der Waals surface area contributed by atoms with E-state index in [2.05, 4.69) is 45.9 Å². The van der Waals surface area contributed by atoms with E-state index in [1.54, 1.807) is 0 Å². The molecule has 4 aromatic rings. The van der Waals surface area contributed by atoms with E-state index in [1.807, 2.05) is 37.3 Å². The number of aromatic hydroxyl groups is 1. The lowest BCUT2D eigenvalue weighted by atomic mass is 10.1. The van der Waals surface area contributed by atoms with Gasteiger partial charge in [0.15, 0.2) is 0 Å². The third-order valence-electron chi connectivity index (χ3n) is 4.24. The van der Waals surface area contributed by atoms with Crippen LogP contribution in [-0.4, -0.2) is 38.4 Å². The van der Waals surface area contributed by atoms with Crippen LogP contribution in [0.5, 0.6) is 11.8 Å². The Hall–Kier alpha value is -2.69. The highest BCUT2D eigenvalue weighted by atomic mass is 79.9. The quantitative estimate of drug-likeness (QED) is 0.315. The van der Waals surface area contributed by atoms with Crippen molar-refractivity contribution in [2.75, 3.05) is 18.5 Å². The Labute approximate surface area is 195 Å². The molecule has 0 fully saturated rings. The lowest BCUT2D eigenvalue weighted by Gasteiger charge is -2.08.